The van der Waals surface area contributed by atoms with E-state index in [0.29, 0.717) is 11.4 Å². The summed E-state index contributed by atoms with van der Waals surface area (Å²) in [6, 6.07) is 0. The first-order chi connectivity index (χ1) is 5.13. The Morgan fingerprint density at radius 2 is 2.27 bits per heavy atom. The molecule has 0 radical (unpaired) electrons. The quantitative estimate of drug-likeness (QED) is 0.602. The first-order valence-electron chi connectivity index (χ1n) is 3.35. The average Bonchev–Trinajstić information content (AvgIpc) is 2.02. The summed E-state index contributed by atoms with van der Waals surface area (Å²) in [4.78, 5) is 13.3. The second-order valence-corrected chi connectivity index (χ2v) is 3.09. The van der Waals surface area contributed by atoms with Crippen LogP contribution in [0.25, 0.3) is 0 Å². The van der Waals surface area contributed by atoms with Crippen LogP contribution in [0, 0.1) is 0 Å². The van der Waals surface area contributed by atoms with E-state index in [1.165, 1.54) is 11.8 Å². The highest BCUT2D eigenvalue weighted by molar-refractivity contribution is 8.06. The largest absolute Gasteiger partial charge is 0.342 e. The van der Waals surface area contributed by atoms with Gasteiger partial charge in [-0.25, -0.2) is 0 Å². The van der Waals surface area contributed by atoms with Gasteiger partial charge in [-0.15, -0.1) is 0 Å². The number of likely N-dealkylation sites (N-methyl/N-ethyl adjacent to an activating group) is 1. The van der Waals surface area contributed by atoms with E-state index in [9.17, 15) is 4.79 Å². The smallest absolute Gasteiger partial charge is 0.259 e. The molecule has 0 rings (SSSR count). The Kier molecular flexibility index (Phi) is 4.70. The summed E-state index contributed by atoms with van der Waals surface area (Å²) >= 11 is 1.26. The fourth-order valence-corrected chi connectivity index (χ4v) is 0.965. The summed E-state index contributed by atoms with van der Waals surface area (Å²) in [7, 11) is 1.75. The van der Waals surface area contributed by atoms with Gasteiger partial charge in [-0.2, -0.15) is 0 Å². The molecule has 0 aromatic heterocycles. The highest BCUT2D eigenvalue weighted by Gasteiger charge is 2.09. The Morgan fingerprint density at radius 3 is 2.64 bits per heavy atom. The average molecular weight is 171 g/mol. The highest BCUT2D eigenvalue weighted by atomic mass is 32.2. The van der Waals surface area contributed by atoms with E-state index in [1.54, 1.807) is 17.4 Å². The van der Waals surface area contributed by atoms with Crippen LogP contribution in [0.1, 0.15) is 6.92 Å². The number of carbonyl (C=O) groups excluding carboxylic acids is 1. The third-order valence-electron chi connectivity index (χ3n) is 1.29. The van der Waals surface area contributed by atoms with Crippen LogP contribution >= 0.6 is 11.8 Å². The number of amides is 1. The zero-order chi connectivity index (χ0) is 8.85. The molecule has 0 bridgehead atoms. The second-order valence-electron chi connectivity index (χ2n) is 2.03. The minimum absolute atomic E-state index is 0.0302. The molecular weight excluding hydrogens is 158 g/mol. The van der Waals surface area contributed by atoms with Gasteiger partial charge in [0.25, 0.3) is 5.91 Å². The maximum absolute atomic E-state index is 11.2. The lowest BCUT2D eigenvalue weighted by Gasteiger charge is -2.14. The zero-order valence-corrected chi connectivity index (χ0v) is 7.78. The number of hydrogen-bond acceptors (Lipinski definition) is 2. The van der Waals surface area contributed by atoms with E-state index in [0.717, 1.165) is 0 Å². The summed E-state index contributed by atoms with van der Waals surface area (Å²) in [6.07, 6.45) is 0. The van der Waals surface area contributed by atoms with Gasteiger partial charge in [0, 0.05) is 13.6 Å². The summed E-state index contributed by atoms with van der Waals surface area (Å²) < 4.78 is 0. The normalized spacial score (nSPS) is 8.91. The standard InChI is InChI=1S/C8H13NOS/c1-5-9(4)8(10)7(3)11-6-2/h6H,2-3,5H2,1,4H3. The molecule has 0 fully saturated rings. The third kappa shape index (κ3) is 3.28. The van der Waals surface area contributed by atoms with Crippen molar-refractivity contribution in [1.82, 2.24) is 4.90 Å². The lowest BCUT2D eigenvalue weighted by Crippen LogP contribution is -2.26. The summed E-state index contributed by atoms with van der Waals surface area (Å²) in [5, 5.41) is 1.60. The molecule has 1 amide bonds. The van der Waals surface area contributed by atoms with Gasteiger partial charge in [-0.05, 0) is 12.3 Å². The first kappa shape index (κ1) is 10.3. The molecule has 0 aromatic carbocycles. The van der Waals surface area contributed by atoms with E-state index in [-0.39, 0.29) is 5.91 Å². The lowest BCUT2D eigenvalue weighted by molar-refractivity contribution is -0.124. The predicted octanol–water partition coefficient (Wildman–Crippen LogP) is 1.86. The van der Waals surface area contributed by atoms with Crippen LogP contribution in [0.2, 0.25) is 0 Å². The molecule has 0 aliphatic heterocycles. The molecule has 2 nitrogen and oxygen atoms in total. The van der Waals surface area contributed by atoms with Crippen LogP contribution in [-0.2, 0) is 4.79 Å². The Bertz CT molecular complexity index is 177. The van der Waals surface area contributed by atoms with Crippen molar-refractivity contribution in [2.45, 2.75) is 6.92 Å². The van der Waals surface area contributed by atoms with Crippen LogP contribution in [0.4, 0.5) is 0 Å². The number of thioether (sulfide) groups is 1. The van der Waals surface area contributed by atoms with Crippen molar-refractivity contribution in [3.63, 3.8) is 0 Å². The van der Waals surface area contributed by atoms with Crippen LogP contribution in [0.5, 0.6) is 0 Å². The molecule has 3 heteroatoms. The van der Waals surface area contributed by atoms with Gasteiger partial charge in [0.2, 0.25) is 0 Å². The molecule has 62 valence electrons. The van der Waals surface area contributed by atoms with Crippen LogP contribution in [0.15, 0.2) is 23.5 Å². The van der Waals surface area contributed by atoms with Crippen molar-refractivity contribution in [2.24, 2.45) is 0 Å². The maximum atomic E-state index is 11.2. The molecule has 0 N–H and O–H groups in total. The Hall–Kier alpha value is -0.700. The van der Waals surface area contributed by atoms with Crippen molar-refractivity contribution in [2.75, 3.05) is 13.6 Å². The molecule has 0 unspecified atom stereocenters. The molecule has 0 spiro atoms. The van der Waals surface area contributed by atoms with Gasteiger partial charge in [-0.1, -0.05) is 24.9 Å². The van der Waals surface area contributed by atoms with E-state index >= 15 is 0 Å². The summed E-state index contributed by atoms with van der Waals surface area (Å²) in [5.74, 6) is -0.0302. The monoisotopic (exact) mass is 171 g/mol. The number of rotatable bonds is 4. The number of carbonyl (C=O) groups is 1. The Morgan fingerprint density at radius 1 is 1.73 bits per heavy atom. The van der Waals surface area contributed by atoms with E-state index < -0.39 is 0 Å². The van der Waals surface area contributed by atoms with Gasteiger partial charge in [-0.3, -0.25) is 4.79 Å². The topological polar surface area (TPSA) is 20.3 Å². The summed E-state index contributed by atoms with van der Waals surface area (Å²) in [5.41, 5.74) is 0. The van der Waals surface area contributed by atoms with Crippen LogP contribution < -0.4 is 0 Å². The molecule has 0 aliphatic rings. The summed E-state index contributed by atoms with van der Waals surface area (Å²) in [6.45, 7) is 9.74. The fraction of sp³-hybridized carbons (Fsp3) is 0.375. The van der Waals surface area contributed by atoms with Crippen molar-refractivity contribution in [3.8, 4) is 0 Å². The van der Waals surface area contributed by atoms with E-state index in [2.05, 4.69) is 13.2 Å². The molecule has 11 heavy (non-hydrogen) atoms. The van der Waals surface area contributed by atoms with Crippen molar-refractivity contribution < 1.29 is 4.79 Å². The van der Waals surface area contributed by atoms with Crippen molar-refractivity contribution in [1.29, 1.82) is 0 Å². The van der Waals surface area contributed by atoms with Gasteiger partial charge in [0.05, 0.1) is 4.91 Å². The molecule has 0 heterocycles. The number of hydrogen-bond donors (Lipinski definition) is 0. The molecular formula is C8H13NOS. The van der Waals surface area contributed by atoms with Crippen molar-refractivity contribution in [3.05, 3.63) is 23.5 Å². The van der Waals surface area contributed by atoms with Gasteiger partial charge < -0.3 is 4.90 Å². The highest BCUT2D eigenvalue weighted by Crippen LogP contribution is 2.15. The van der Waals surface area contributed by atoms with E-state index in [4.69, 9.17) is 0 Å². The lowest BCUT2D eigenvalue weighted by atomic mass is 10.5. The zero-order valence-electron chi connectivity index (χ0n) is 6.96. The van der Waals surface area contributed by atoms with Crippen LogP contribution in [-0.4, -0.2) is 24.4 Å². The first-order valence-corrected chi connectivity index (χ1v) is 4.23. The Balaban J connectivity index is 4.02. The Labute approximate surface area is 72.0 Å². The molecule has 0 saturated carbocycles. The second kappa shape index (κ2) is 5.02. The SMILES string of the molecule is C=CSC(=C)C(=O)N(C)CC. The van der Waals surface area contributed by atoms with Crippen LogP contribution in [0.3, 0.4) is 0 Å². The molecule has 0 atom stereocenters. The molecule has 0 saturated heterocycles. The third-order valence-corrected chi connectivity index (χ3v) is 1.91. The van der Waals surface area contributed by atoms with Crippen molar-refractivity contribution >= 4 is 17.7 Å². The number of nitrogens with zero attached hydrogens (tertiary/aromatic N) is 1. The van der Waals surface area contributed by atoms with Gasteiger partial charge in [0.1, 0.15) is 0 Å². The van der Waals surface area contributed by atoms with Gasteiger partial charge in [0.15, 0.2) is 0 Å². The minimum atomic E-state index is -0.0302. The maximum Gasteiger partial charge on any atom is 0.259 e. The van der Waals surface area contributed by atoms with E-state index in [1.807, 2.05) is 6.92 Å². The molecule has 0 aromatic rings. The minimum Gasteiger partial charge on any atom is -0.342 e. The van der Waals surface area contributed by atoms with Gasteiger partial charge >= 0.3 is 0 Å². The molecule has 0 aliphatic carbocycles. The predicted molar refractivity (Wildman–Crippen MR) is 50.2 cm³/mol. The fourth-order valence-electron chi connectivity index (χ4n) is 0.507.